The van der Waals surface area contributed by atoms with Gasteiger partial charge >= 0.3 is 6.09 Å². The predicted molar refractivity (Wildman–Crippen MR) is 134 cm³/mol. The Morgan fingerprint density at radius 2 is 1.69 bits per heavy atom. The fraction of sp³-hybridized carbons (Fsp3) is 0.300. The maximum absolute atomic E-state index is 14.7. The van der Waals surface area contributed by atoms with Gasteiger partial charge in [0.25, 0.3) is 0 Å². The van der Waals surface area contributed by atoms with Gasteiger partial charge in [-0.15, -0.1) is 0 Å². The Morgan fingerprint density at radius 1 is 0.971 bits per heavy atom. The molecule has 2 atom stereocenters. The van der Waals surface area contributed by atoms with Crippen LogP contribution in [0.2, 0.25) is 0 Å². The first-order valence-corrected chi connectivity index (χ1v) is 12.3. The summed E-state index contributed by atoms with van der Waals surface area (Å²) in [6.07, 6.45) is 5.19. The van der Waals surface area contributed by atoms with Crippen molar-refractivity contribution in [2.45, 2.75) is 43.7 Å². The number of halogens is 1. The third-order valence-corrected chi connectivity index (χ3v) is 7.70. The molecule has 0 aromatic heterocycles. The molecule has 2 unspecified atom stereocenters. The van der Waals surface area contributed by atoms with Crippen LogP contribution in [-0.4, -0.2) is 36.8 Å². The van der Waals surface area contributed by atoms with E-state index in [-0.39, 0.29) is 29.9 Å². The standard InChI is InChI=1S/C30H28FNO3/c1-34-22-13-14-29(31)27(17-22)19-15-20-7-6-8-21(16-19)32(20)30(33)35-18-28-25-11-4-2-9-23(25)24-10-3-5-12-26(24)28/h2-5,9-15,17,20-21,28H,6-8,16,18H2,1H3. The Bertz CT molecular complexity index is 1270. The maximum Gasteiger partial charge on any atom is 0.410 e. The van der Waals surface area contributed by atoms with E-state index >= 15 is 0 Å². The Morgan fingerprint density at radius 3 is 2.37 bits per heavy atom. The molecule has 0 spiro atoms. The summed E-state index contributed by atoms with van der Waals surface area (Å²) in [5, 5.41) is 0. The van der Waals surface area contributed by atoms with Gasteiger partial charge in [0.2, 0.25) is 0 Å². The third kappa shape index (κ3) is 3.79. The molecule has 5 heteroatoms. The van der Waals surface area contributed by atoms with Crippen LogP contribution >= 0.6 is 0 Å². The van der Waals surface area contributed by atoms with E-state index in [0.29, 0.717) is 24.3 Å². The second-order valence-electron chi connectivity index (χ2n) is 9.61. The Labute approximate surface area is 205 Å². The summed E-state index contributed by atoms with van der Waals surface area (Å²) in [7, 11) is 1.58. The maximum atomic E-state index is 14.7. The van der Waals surface area contributed by atoms with Crippen molar-refractivity contribution < 1.29 is 18.7 Å². The molecule has 0 saturated carbocycles. The molecule has 3 aromatic carbocycles. The molecule has 3 aliphatic rings. The van der Waals surface area contributed by atoms with Crippen LogP contribution < -0.4 is 4.74 Å². The topological polar surface area (TPSA) is 38.8 Å². The van der Waals surface area contributed by atoms with Crippen molar-refractivity contribution in [3.8, 4) is 16.9 Å². The first-order valence-electron chi connectivity index (χ1n) is 12.3. The van der Waals surface area contributed by atoms with Gasteiger partial charge in [0, 0.05) is 17.5 Å². The summed E-state index contributed by atoms with van der Waals surface area (Å²) < 4.78 is 25.9. The largest absolute Gasteiger partial charge is 0.497 e. The number of ether oxygens (including phenoxy) is 2. The normalized spacial score (nSPS) is 20.6. The van der Waals surface area contributed by atoms with Crippen LogP contribution in [0.25, 0.3) is 16.7 Å². The Kier molecular flexibility index (Phi) is 5.56. The van der Waals surface area contributed by atoms with E-state index < -0.39 is 0 Å². The molecule has 1 saturated heterocycles. The number of benzene rings is 3. The summed E-state index contributed by atoms with van der Waals surface area (Å²) in [6.45, 7) is 0.309. The lowest BCUT2D eigenvalue weighted by atomic mass is 9.83. The van der Waals surface area contributed by atoms with Gasteiger partial charge in [0.15, 0.2) is 0 Å². The zero-order valence-electron chi connectivity index (χ0n) is 19.7. The van der Waals surface area contributed by atoms with Crippen molar-refractivity contribution in [1.29, 1.82) is 0 Å². The average molecular weight is 470 g/mol. The van der Waals surface area contributed by atoms with Crippen molar-refractivity contribution in [2.75, 3.05) is 13.7 Å². The lowest BCUT2D eigenvalue weighted by Gasteiger charge is -2.44. The summed E-state index contributed by atoms with van der Waals surface area (Å²) in [4.78, 5) is 15.3. The number of hydrogen-bond acceptors (Lipinski definition) is 3. The number of carbonyl (C=O) groups is 1. The molecule has 35 heavy (non-hydrogen) atoms. The van der Waals surface area contributed by atoms with E-state index in [1.807, 2.05) is 29.2 Å². The number of methoxy groups -OCH3 is 1. The van der Waals surface area contributed by atoms with Crippen LogP contribution in [0.4, 0.5) is 9.18 Å². The summed E-state index contributed by atoms with van der Waals surface area (Å²) in [5.41, 5.74) is 6.35. The molecule has 1 fully saturated rings. The first-order chi connectivity index (χ1) is 17.1. The van der Waals surface area contributed by atoms with E-state index in [1.54, 1.807) is 19.2 Å². The first kappa shape index (κ1) is 21.9. The molecule has 2 bridgehead atoms. The molecule has 4 nitrogen and oxygen atoms in total. The minimum absolute atomic E-state index is 0.00926. The predicted octanol–water partition coefficient (Wildman–Crippen LogP) is 6.79. The molecule has 0 radical (unpaired) electrons. The molecular weight excluding hydrogens is 441 g/mol. The van der Waals surface area contributed by atoms with Crippen molar-refractivity contribution in [1.82, 2.24) is 4.90 Å². The monoisotopic (exact) mass is 469 g/mol. The smallest absolute Gasteiger partial charge is 0.410 e. The van der Waals surface area contributed by atoms with Crippen LogP contribution in [0.3, 0.4) is 0 Å². The fourth-order valence-electron chi connectivity index (χ4n) is 6.06. The molecule has 0 N–H and O–H groups in total. The summed E-state index contributed by atoms with van der Waals surface area (Å²) >= 11 is 0. The lowest BCUT2D eigenvalue weighted by molar-refractivity contribution is 0.0538. The highest BCUT2D eigenvalue weighted by Crippen LogP contribution is 2.45. The highest BCUT2D eigenvalue weighted by molar-refractivity contribution is 5.79. The van der Waals surface area contributed by atoms with Gasteiger partial charge in [0.05, 0.1) is 13.2 Å². The van der Waals surface area contributed by atoms with Crippen LogP contribution in [0.1, 0.15) is 48.3 Å². The number of amides is 1. The molecule has 178 valence electrons. The SMILES string of the molecule is COc1ccc(F)c(C2=CC3CCCC(C2)N3C(=O)OCC2c3ccccc3-c3ccccc32)c1. The zero-order valence-corrected chi connectivity index (χ0v) is 19.7. The zero-order chi connectivity index (χ0) is 23.9. The molecule has 3 aromatic rings. The van der Waals surface area contributed by atoms with Gasteiger partial charge in [-0.05, 0) is 71.7 Å². The van der Waals surface area contributed by atoms with E-state index in [2.05, 4.69) is 30.3 Å². The quantitative estimate of drug-likeness (QED) is 0.422. The Hall–Kier alpha value is -3.60. The number of nitrogens with zero attached hydrogens (tertiary/aromatic N) is 1. The van der Waals surface area contributed by atoms with Gasteiger partial charge in [-0.25, -0.2) is 9.18 Å². The van der Waals surface area contributed by atoms with E-state index in [1.165, 1.54) is 28.3 Å². The van der Waals surface area contributed by atoms with Crippen LogP contribution in [-0.2, 0) is 4.74 Å². The number of fused-ring (bicyclic) bond motifs is 5. The second-order valence-corrected chi connectivity index (χ2v) is 9.61. The Balaban J connectivity index is 1.23. The van der Waals surface area contributed by atoms with Gasteiger partial charge in [0.1, 0.15) is 18.2 Å². The third-order valence-electron chi connectivity index (χ3n) is 7.70. The minimum atomic E-state index is -0.275. The van der Waals surface area contributed by atoms with Gasteiger partial charge in [-0.2, -0.15) is 0 Å². The van der Waals surface area contributed by atoms with E-state index in [0.717, 1.165) is 24.8 Å². The molecule has 6 rings (SSSR count). The van der Waals surface area contributed by atoms with Gasteiger partial charge in [-0.1, -0.05) is 54.6 Å². The average Bonchev–Trinajstić information content (AvgIpc) is 3.20. The van der Waals surface area contributed by atoms with Gasteiger partial charge < -0.3 is 9.47 Å². The van der Waals surface area contributed by atoms with Crippen LogP contribution in [0.5, 0.6) is 5.75 Å². The molecule has 1 aliphatic carbocycles. The number of hydrogen-bond donors (Lipinski definition) is 0. The van der Waals surface area contributed by atoms with Crippen molar-refractivity contribution in [3.05, 3.63) is 95.3 Å². The lowest BCUT2D eigenvalue weighted by Crippen LogP contribution is -2.52. The highest BCUT2D eigenvalue weighted by Gasteiger charge is 2.39. The molecule has 1 amide bonds. The van der Waals surface area contributed by atoms with Crippen molar-refractivity contribution in [2.24, 2.45) is 0 Å². The molecule has 2 aliphatic heterocycles. The highest BCUT2D eigenvalue weighted by atomic mass is 19.1. The number of piperidine rings is 1. The number of rotatable bonds is 4. The second kappa shape index (κ2) is 8.88. The summed E-state index contributed by atoms with van der Waals surface area (Å²) in [6, 6.07) is 21.5. The van der Waals surface area contributed by atoms with E-state index in [9.17, 15) is 9.18 Å². The van der Waals surface area contributed by atoms with Crippen molar-refractivity contribution in [3.63, 3.8) is 0 Å². The summed E-state index contributed by atoms with van der Waals surface area (Å²) in [5.74, 6) is 0.407. The minimum Gasteiger partial charge on any atom is -0.497 e. The van der Waals surface area contributed by atoms with E-state index in [4.69, 9.17) is 9.47 Å². The van der Waals surface area contributed by atoms with Gasteiger partial charge in [-0.3, -0.25) is 4.90 Å². The van der Waals surface area contributed by atoms with Crippen LogP contribution in [0, 0.1) is 5.82 Å². The molecule has 2 heterocycles. The fourth-order valence-corrected chi connectivity index (χ4v) is 6.06. The van der Waals surface area contributed by atoms with Crippen molar-refractivity contribution >= 4 is 11.7 Å². The molecular formula is C30H28FNO3. The van der Waals surface area contributed by atoms with Crippen LogP contribution in [0.15, 0.2) is 72.8 Å². The number of carbonyl (C=O) groups excluding carboxylic acids is 1.